The van der Waals surface area contributed by atoms with Gasteiger partial charge in [-0.3, -0.25) is 4.68 Å². The van der Waals surface area contributed by atoms with Gasteiger partial charge in [0.2, 0.25) is 0 Å². The third-order valence-electron chi connectivity index (χ3n) is 2.96. The highest BCUT2D eigenvalue weighted by Gasteiger charge is 2.07. The van der Waals surface area contributed by atoms with Gasteiger partial charge < -0.3 is 10.5 Å². The molecule has 20 heavy (non-hydrogen) atoms. The number of hydrogen-bond acceptors (Lipinski definition) is 3. The molecule has 0 aliphatic carbocycles. The molecule has 2 rings (SSSR count). The first-order valence-electron chi connectivity index (χ1n) is 6.76. The molecule has 108 valence electrons. The molecule has 0 aliphatic rings. The summed E-state index contributed by atoms with van der Waals surface area (Å²) in [5, 5.41) is 4.15. The molecule has 5 heteroatoms. The van der Waals surface area contributed by atoms with Crippen LogP contribution in [0.5, 0.6) is 5.75 Å². The van der Waals surface area contributed by atoms with Crippen LogP contribution < -0.4 is 10.5 Å². The molecule has 0 spiro atoms. The monoisotopic (exact) mass is 277 g/mol. The molecule has 0 fully saturated rings. The highest BCUT2D eigenvalue weighted by molar-refractivity contribution is 5.30. The smallest absolute Gasteiger partial charge is 0.165 e. The normalized spacial score (nSPS) is 12.4. The van der Waals surface area contributed by atoms with Crippen LogP contribution in [0.3, 0.4) is 0 Å². The standard InChI is InChI=1S/C15H20FN3O/c1-3-19-9-13(8-18-19)10-20-15-5-4-12(6-11(2)17)7-14(15)16/h4-5,7-9,11H,3,6,10,17H2,1-2H3. The molecular formula is C15H20FN3O. The van der Waals surface area contributed by atoms with Gasteiger partial charge in [-0.25, -0.2) is 4.39 Å². The lowest BCUT2D eigenvalue weighted by atomic mass is 10.1. The Morgan fingerprint density at radius 1 is 1.40 bits per heavy atom. The number of nitrogens with zero attached hydrogens (tertiary/aromatic N) is 2. The van der Waals surface area contributed by atoms with E-state index in [4.69, 9.17) is 10.5 Å². The fraction of sp³-hybridized carbons (Fsp3) is 0.400. The van der Waals surface area contributed by atoms with Crippen molar-refractivity contribution in [1.82, 2.24) is 9.78 Å². The highest BCUT2D eigenvalue weighted by Crippen LogP contribution is 2.20. The molecule has 2 aromatic rings. The number of hydrogen-bond donors (Lipinski definition) is 1. The Morgan fingerprint density at radius 2 is 2.20 bits per heavy atom. The molecule has 1 atom stereocenters. The summed E-state index contributed by atoms with van der Waals surface area (Å²) in [6.45, 7) is 5.02. The van der Waals surface area contributed by atoms with Crippen LogP contribution >= 0.6 is 0 Å². The maximum absolute atomic E-state index is 13.9. The first-order chi connectivity index (χ1) is 9.58. The van der Waals surface area contributed by atoms with E-state index in [1.165, 1.54) is 6.07 Å². The van der Waals surface area contributed by atoms with Crippen LogP contribution in [0.1, 0.15) is 25.0 Å². The van der Waals surface area contributed by atoms with Crippen LogP contribution in [0.4, 0.5) is 4.39 Å². The summed E-state index contributed by atoms with van der Waals surface area (Å²) >= 11 is 0. The highest BCUT2D eigenvalue weighted by atomic mass is 19.1. The van der Waals surface area contributed by atoms with Crippen molar-refractivity contribution in [1.29, 1.82) is 0 Å². The van der Waals surface area contributed by atoms with Crippen molar-refractivity contribution in [2.24, 2.45) is 5.73 Å². The Labute approximate surface area is 118 Å². The average Bonchev–Trinajstić information content (AvgIpc) is 2.85. The fourth-order valence-electron chi connectivity index (χ4n) is 1.98. The summed E-state index contributed by atoms with van der Waals surface area (Å²) in [5.74, 6) is -0.103. The summed E-state index contributed by atoms with van der Waals surface area (Å²) in [4.78, 5) is 0. The molecule has 1 unspecified atom stereocenters. The first kappa shape index (κ1) is 14.5. The number of benzene rings is 1. The zero-order valence-electron chi connectivity index (χ0n) is 11.8. The van der Waals surface area contributed by atoms with Crippen LogP contribution in [0.15, 0.2) is 30.6 Å². The topological polar surface area (TPSA) is 53.1 Å². The van der Waals surface area contributed by atoms with Crippen molar-refractivity contribution >= 4 is 0 Å². The zero-order valence-corrected chi connectivity index (χ0v) is 11.8. The van der Waals surface area contributed by atoms with Gasteiger partial charge in [-0.05, 0) is 38.0 Å². The van der Waals surface area contributed by atoms with Crippen molar-refractivity contribution < 1.29 is 9.13 Å². The molecule has 2 N–H and O–H groups in total. The lowest BCUT2D eigenvalue weighted by Gasteiger charge is -2.09. The number of rotatable bonds is 6. The second-order valence-corrected chi connectivity index (χ2v) is 4.94. The first-order valence-corrected chi connectivity index (χ1v) is 6.76. The molecular weight excluding hydrogens is 257 g/mol. The van der Waals surface area contributed by atoms with Crippen molar-refractivity contribution in [2.75, 3.05) is 0 Å². The van der Waals surface area contributed by atoms with Gasteiger partial charge >= 0.3 is 0 Å². The lowest BCUT2D eigenvalue weighted by molar-refractivity contribution is 0.290. The van der Waals surface area contributed by atoms with Gasteiger partial charge in [0.25, 0.3) is 0 Å². The summed E-state index contributed by atoms with van der Waals surface area (Å²) in [6, 6.07) is 4.99. The Hall–Kier alpha value is -1.88. The molecule has 1 heterocycles. The summed E-state index contributed by atoms with van der Waals surface area (Å²) in [7, 11) is 0. The molecule has 0 amide bonds. The fourth-order valence-corrected chi connectivity index (χ4v) is 1.98. The number of nitrogens with two attached hydrogens (primary N) is 1. The molecule has 0 saturated heterocycles. The van der Waals surface area contributed by atoms with Crippen molar-refractivity contribution in [2.45, 2.75) is 39.5 Å². The number of aryl methyl sites for hydroxylation is 1. The number of aromatic nitrogens is 2. The maximum Gasteiger partial charge on any atom is 0.165 e. The second-order valence-electron chi connectivity index (χ2n) is 4.94. The van der Waals surface area contributed by atoms with E-state index in [-0.39, 0.29) is 17.6 Å². The molecule has 0 bridgehead atoms. The minimum atomic E-state index is -0.356. The molecule has 1 aromatic heterocycles. The van der Waals surface area contributed by atoms with E-state index in [1.807, 2.05) is 26.1 Å². The predicted molar refractivity (Wildman–Crippen MR) is 76.0 cm³/mol. The van der Waals surface area contributed by atoms with E-state index in [1.54, 1.807) is 16.9 Å². The van der Waals surface area contributed by atoms with Gasteiger partial charge in [0.05, 0.1) is 6.20 Å². The number of halogens is 1. The minimum Gasteiger partial charge on any atom is -0.486 e. The minimum absolute atomic E-state index is 0.0149. The van der Waals surface area contributed by atoms with Crippen LogP contribution in [0, 0.1) is 5.82 Å². The van der Waals surface area contributed by atoms with Crippen molar-refractivity contribution in [3.63, 3.8) is 0 Å². The average molecular weight is 277 g/mol. The van der Waals surface area contributed by atoms with Crippen LogP contribution in [0.2, 0.25) is 0 Å². The van der Waals surface area contributed by atoms with Crippen LogP contribution in [-0.4, -0.2) is 15.8 Å². The Morgan fingerprint density at radius 3 is 2.80 bits per heavy atom. The SMILES string of the molecule is CCn1cc(COc2ccc(CC(C)N)cc2F)cn1. The molecule has 0 aliphatic heterocycles. The molecule has 4 nitrogen and oxygen atoms in total. The van der Waals surface area contributed by atoms with E-state index >= 15 is 0 Å². The summed E-state index contributed by atoms with van der Waals surface area (Å²) < 4.78 is 21.2. The predicted octanol–water partition coefficient (Wildman–Crippen LogP) is 2.51. The lowest BCUT2D eigenvalue weighted by Crippen LogP contribution is -2.17. The summed E-state index contributed by atoms with van der Waals surface area (Å²) in [5.41, 5.74) is 7.50. The van der Waals surface area contributed by atoms with Crippen LogP contribution in [-0.2, 0) is 19.6 Å². The second kappa shape index (κ2) is 6.52. The van der Waals surface area contributed by atoms with E-state index in [2.05, 4.69) is 5.10 Å². The van der Waals surface area contributed by atoms with E-state index in [0.717, 1.165) is 17.7 Å². The van der Waals surface area contributed by atoms with E-state index < -0.39 is 0 Å². The largest absolute Gasteiger partial charge is 0.486 e. The van der Waals surface area contributed by atoms with E-state index in [0.29, 0.717) is 13.0 Å². The number of ether oxygens (including phenoxy) is 1. The van der Waals surface area contributed by atoms with Gasteiger partial charge in [0.1, 0.15) is 6.61 Å². The van der Waals surface area contributed by atoms with E-state index in [9.17, 15) is 4.39 Å². The molecule has 0 radical (unpaired) electrons. The van der Waals surface area contributed by atoms with Gasteiger partial charge in [0.15, 0.2) is 11.6 Å². The van der Waals surface area contributed by atoms with Crippen molar-refractivity contribution in [3.8, 4) is 5.75 Å². The van der Waals surface area contributed by atoms with Gasteiger partial charge in [-0.1, -0.05) is 6.07 Å². The third kappa shape index (κ3) is 3.81. The Balaban J connectivity index is 1.99. The molecule has 1 aromatic carbocycles. The van der Waals surface area contributed by atoms with Crippen molar-refractivity contribution in [3.05, 3.63) is 47.5 Å². The van der Waals surface area contributed by atoms with Crippen LogP contribution in [0.25, 0.3) is 0 Å². The maximum atomic E-state index is 13.9. The quantitative estimate of drug-likeness (QED) is 0.882. The van der Waals surface area contributed by atoms with Gasteiger partial charge in [-0.2, -0.15) is 5.10 Å². The van der Waals surface area contributed by atoms with Gasteiger partial charge in [0, 0.05) is 24.3 Å². The molecule has 0 saturated carbocycles. The summed E-state index contributed by atoms with van der Waals surface area (Å²) in [6.07, 6.45) is 4.27. The Bertz CT molecular complexity index is 566. The zero-order chi connectivity index (χ0) is 14.5. The Kier molecular flexibility index (Phi) is 4.74. The third-order valence-corrected chi connectivity index (χ3v) is 2.96. The van der Waals surface area contributed by atoms with Gasteiger partial charge in [-0.15, -0.1) is 0 Å².